The monoisotopic (exact) mass is 323 g/mol. The average Bonchev–Trinajstić information content (AvgIpc) is 2.52. The fourth-order valence-electron chi connectivity index (χ4n) is 2.08. The van der Waals surface area contributed by atoms with E-state index >= 15 is 0 Å². The van der Waals surface area contributed by atoms with E-state index in [9.17, 15) is 22.8 Å². The van der Waals surface area contributed by atoms with E-state index < -0.39 is 23.6 Å². The fourth-order valence-corrected chi connectivity index (χ4v) is 2.08. The number of nitrogens with zero attached hydrogens (tertiary/aromatic N) is 1. The molecule has 0 bridgehead atoms. The molecule has 2 aromatic carbocycles. The van der Waals surface area contributed by atoms with E-state index in [1.54, 1.807) is 0 Å². The van der Waals surface area contributed by atoms with E-state index in [2.05, 4.69) is 0 Å². The van der Waals surface area contributed by atoms with Crippen LogP contribution >= 0.6 is 0 Å². The number of carbonyl (C=O) groups is 2. The molecular formula is C16H12F3NO3. The second-order valence-corrected chi connectivity index (χ2v) is 4.77. The van der Waals surface area contributed by atoms with Crippen LogP contribution in [0.3, 0.4) is 0 Å². The van der Waals surface area contributed by atoms with Gasteiger partial charge in [0.05, 0.1) is 16.8 Å². The van der Waals surface area contributed by atoms with Gasteiger partial charge in [-0.05, 0) is 30.3 Å². The van der Waals surface area contributed by atoms with Gasteiger partial charge in [0.2, 0.25) is 0 Å². The molecular weight excluding hydrogens is 311 g/mol. The smallest absolute Gasteiger partial charge is 0.416 e. The number of alkyl halides is 3. The lowest BCUT2D eigenvalue weighted by Gasteiger charge is -2.20. The van der Waals surface area contributed by atoms with Crippen molar-refractivity contribution < 1.29 is 27.9 Å². The summed E-state index contributed by atoms with van der Waals surface area (Å²) < 4.78 is 38.2. The first kappa shape index (κ1) is 16.5. The summed E-state index contributed by atoms with van der Waals surface area (Å²) in [5.41, 5.74) is -1.14. The summed E-state index contributed by atoms with van der Waals surface area (Å²) in [5.74, 6) is -1.96. The highest BCUT2D eigenvalue weighted by molar-refractivity contribution is 6.09. The Hall–Kier alpha value is -2.83. The summed E-state index contributed by atoms with van der Waals surface area (Å²) >= 11 is 0. The van der Waals surface area contributed by atoms with Crippen LogP contribution in [0.25, 0.3) is 0 Å². The highest BCUT2D eigenvalue weighted by atomic mass is 19.4. The van der Waals surface area contributed by atoms with Gasteiger partial charge >= 0.3 is 12.1 Å². The second-order valence-electron chi connectivity index (χ2n) is 4.77. The molecule has 0 radical (unpaired) electrons. The molecule has 0 aliphatic heterocycles. The Kier molecular flexibility index (Phi) is 4.40. The number of halogens is 3. The maximum atomic E-state index is 12.7. The zero-order valence-electron chi connectivity index (χ0n) is 12.0. The van der Waals surface area contributed by atoms with E-state index in [4.69, 9.17) is 5.11 Å². The molecule has 0 aromatic heterocycles. The third-order valence-corrected chi connectivity index (χ3v) is 3.24. The van der Waals surface area contributed by atoms with Crippen LogP contribution in [0.2, 0.25) is 0 Å². The van der Waals surface area contributed by atoms with Crippen molar-refractivity contribution >= 4 is 17.6 Å². The molecule has 1 N–H and O–H groups in total. The Morgan fingerprint density at radius 3 is 2.30 bits per heavy atom. The van der Waals surface area contributed by atoms with Crippen LogP contribution in [0.1, 0.15) is 26.3 Å². The van der Waals surface area contributed by atoms with Gasteiger partial charge in [-0.25, -0.2) is 4.79 Å². The van der Waals surface area contributed by atoms with Crippen molar-refractivity contribution in [3.63, 3.8) is 0 Å². The number of carbonyl (C=O) groups excluding carboxylic acids is 1. The van der Waals surface area contributed by atoms with E-state index in [0.29, 0.717) is 0 Å². The number of para-hydroxylation sites is 1. The average molecular weight is 323 g/mol. The molecule has 0 fully saturated rings. The van der Waals surface area contributed by atoms with Crippen LogP contribution in [0.15, 0.2) is 48.5 Å². The topological polar surface area (TPSA) is 57.6 Å². The summed E-state index contributed by atoms with van der Waals surface area (Å²) in [5, 5.41) is 9.13. The standard InChI is InChI=1S/C16H12F3NO3/c1-20(13-8-3-2-7-12(13)15(22)23)14(21)10-5-4-6-11(9-10)16(17,18)19/h2-9H,1H3,(H,22,23). The molecule has 0 unspecified atom stereocenters. The van der Waals surface area contributed by atoms with Gasteiger partial charge in [-0.2, -0.15) is 13.2 Å². The highest BCUT2D eigenvalue weighted by Crippen LogP contribution is 2.30. The minimum atomic E-state index is -4.56. The molecule has 2 aromatic rings. The van der Waals surface area contributed by atoms with E-state index in [0.717, 1.165) is 23.1 Å². The van der Waals surface area contributed by atoms with E-state index in [1.165, 1.54) is 37.4 Å². The highest BCUT2D eigenvalue weighted by Gasteiger charge is 2.31. The molecule has 0 heterocycles. The summed E-state index contributed by atoms with van der Waals surface area (Å²) in [6.45, 7) is 0. The van der Waals surface area contributed by atoms with Crippen molar-refractivity contribution in [2.45, 2.75) is 6.18 Å². The van der Waals surface area contributed by atoms with Crippen LogP contribution in [-0.2, 0) is 6.18 Å². The van der Waals surface area contributed by atoms with Crippen LogP contribution in [0, 0.1) is 0 Å². The molecule has 7 heteroatoms. The number of rotatable bonds is 3. The Morgan fingerprint density at radius 1 is 1.04 bits per heavy atom. The quantitative estimate of drug-likeness (QED) is 0.937. The maximum Gasteiger partial charge on any atom is 0.416 e. The number of anilines is 1. The number of hydrogen-bond donors (Lipinski definition) is 1. The zero-order valence-corrected chi connectivity index (χ0v) is 12.0. The lowest BCUT2D eigenvalue weighted by Crippen LogP contribution is -2.28. The van der Waals surface area contributed by atoms with Gasteiger partial charge in [0.25, 0.3) is 5.91 Å². The van der Waals surface area contributed by atoms with Crippen molar-refractivity contribution in [1.29, 1.82) is 0 Å². The summed E-state index contributed by atoms with van der Waals surface area (Å²) in [6.07, 6.45) is -4.56. The number of amides is 1. The van der Waals surface area contributed by atoms with E-state index in [1.807, 2.05) is 0 Å². The van der Waals surface area contributed by atoms with Crippen molar-refractivity contribution in [2.75, 3.05) is 11.9 Å². The second kappa shape index (κ2) is 6.12. The summed E-state index contributed by atoms with van der Waals surface area (Å²) in [7, 11) is 1.31. The van der Waals surface area contributed by atoms with Gasteiger partial charge in [-0.3, -0.25) is 4.79 Å². The van der Waals surface area contributed by atoms with Gasteiger partial charge in [-0.15, -0.1) is 0 Å². The first-order valence-corrected chi connectivity index (χ1v) is 6.49. The Balaban J connectivity index is 2.40. The van der Waals surface area contributed by atoms with Crippen LogP contribution in [-0.4, -0.2) is 24.0 Å². The largest absolute Gasteiger partial charge is 0.478 e. The minimum absolute atomic E-state index is 0.0995. The van der Waals surface area contributed by atoms with Crippen molar-refractivity contribution in [1.82, 2.24) is 0 Å². The summed E-state index contributed by atoms with van der Waals surface area (Å²) in [6, 6.07) is 9.74. The predicted molar refractivity (Wildman–Crippen MR) is 77.6 cm³/mol. The van der Waals surface area contributed by atoms with E-state index in [-0.39, 0.29) is 16.8 Å². The Labute approximate surface area is 129 Å². The number of carboxylic acids is 1. The number of carboxylic acid groups (broad SMARTS) is 1. The number of aromatic carboxylic acids is 1. The zero-order chi connectivity index (χ0) is 17.2. The molecule has 0 saturated carbocycles. The van der Waals surface area contributed by atoms with Crippen molar-refractivity contribution in [2.24, 2.45) is 0 Å². The van der Waals surface area contributed by atoms with Crippen molar-refractivity contribution in [3.8, 4) is 0 Å². The molecule has 23 heavy (non-hydrogen) atoms. The van der Waals surface area contributed by atoms with Crippen molar-refractivity contribution in [3.05, 3.63) is 65.2 Å². The normalized spacial score (nSPS) is 11.1. The molecule has 1 amide bonds. The molecule has 0 spiro atoms. The minimum Gasteiger partial charge on any atom is -0.478 e. The first-order valence-electron chi connectivity index (χ1n) is 6.49. The Bertz CT molecular complexity index is 756. The van der Waals surface area contributed by atoms with Gasteiger partial charge in [0.15, 0.2) is 0 Å². The SMILES string of the molecule is CN(C(=O)c1cccc(C(F)(F)F)c1)c1ccccc1C(=O)O. The molecule has 0 saturated heterocycles. The molecule has 0 aliphatic carbocycles. The lowest BCUT2D eigenvalue weighted by atomic mass is 10.1. The Morgan fingerprint density at radius 2 is 1.70 bits per heavy atom. The number of hydrogen-bond acceptors (Lipinski definition) is 2. The molecule has 2 rings (SSSR count). The molecule has 0 aliphatic rings. The fraction of sp³-hybridized carbons (Fsp3) is 0.125. The van der Waals surface area contributed by atoms with Gasteiger partial charge in [0, 0.05) is 12.6 Å². The van der Waals surface area contributed by atoms with Gasteiger partial charge < -0.3 is 10.0 Å². The third-order valence-electron chi connectivity index (χ3n) is 3.24. The number of benzene rings is 2. The summed E-state index contributed by atoms with van der Waals surface area (Å²) in [4.78, 5) is 24.6. The van der Waals surface area contributed by atoms with Crippen LogP contribution < -0.4 is 4.90 Å². The molecule has 0 atom stereocenters. The van der Waals surface area contributed by atoms with Gasteiger partial charge in [-0.1, -0.05) is 18.2 Å². The predicted octanol–water partition coefficient (Wildman–Crippen LogP) is 3.68. The third kappa shape index (κ3) is 3.50. The molecule has 4 nitrogen and oxygen atoms in total. The molecule has 120 valence electrons. The first-order chi connectivity index (χ1) is 10.7. The van der Waals surface area contributed by atoms with Crippen LogP contribution in [0.4, 0.5) is 18.9 Å². The lowest BCUT2D eigenvalue weighted by molar-refractivity contribution is -0.137. The van der Waals surface area contributed by atoms with Gasteiger partial charge in [0.1, 0.15) is 0 Å². The maximum absolute atomic E-state index is 12.7. The van der Waals surface area contributed by atoms with Crippen LogP contribution in [0.5, 0.6) is 0 Å².